The maximum atomic E-state index is 12.6. The van der Waals surface area contributed by atoms with E-state index in [1.807, 2.05) is 0 Å². The Hall–Kier alpha value is -3.46. The van der Waals surface area contributed by atoms with Crippen LogP contribution >= 0.6 is 12.2 Å². The number of benzene rings is 2. The summed E-state index contributed by atoms with van der Waals surface area (Å²) >= 11 is 5.26. The van der Waals surface area contributed by atoms with Crippen molar-refractivity contribution in [1.29, 1.82) is 0 Å². The lowest BCUT2D eigenvalue weighted by Gasteiger charge is -2.30. The van der Waals surface area contributed by atoms with Gasteiger partial charge in [-0.2, -0.15) is 0 Å². The lowest BCUT2D eigenvalue weighted by Crippen LogP contribution is -2.41. The standard InChI is InChI=1S/C24H25F6N3O5S/c25-23(26,27)37-17-3-1-2-15(12-17)33-22(39)32-14-4-6-16(7-5-14)36-20-9-8-18(38-24(28,29)30)13-19(20)21(35)31-10-11-34/h1-3,8-9,12-14,16,34H,4-7,10-11H2,(H,31,35)(H2,32,33,39). The summed E-state index contributed by atoms with van der Waals surface area (Å²) in [6, 6.07) is 8.33. The van der Waals surface area contributed by atoms with Gasteiger partial charge in [-0.25, -0.2) is 0 Å². The molecule has 3 rings (SSSR count). The molecule has 0 unspecified atom stereocenters. The Kier molecular flexibility index (Phi) is 10.1. The van der Waals surface area contributed by atoms with Gasteiger partial charge in [0.15, 0.2) is 5.11 Å². The smallest absolute Gasteiger partial charge is 0.490 e. The van der Waals surface area contributed by atoms with Gasteiger partial charge in [-0.05, 0) is 68.2 Å². The first kappa shape index (κ1) is 30.1. The van der Waals surface area contributed by atoms with E-state index in [4.69, 9.17) is 22.1 Å². The van der Waals surface area contributed by atoms with E-state index in [9.17, 15) is 31.1 Å². The van der Waals surface area contributed by atoms with E-state index < -0.39 is 30.1 Å². The predicted molar refractivity (Wildman–Crippen MR) is 132 cm³/mol. The summed E-state index contributed by atoms with van der Waals surface area (Å²) in [6.07, 6.45) is -7.89. The minimum atomic E-state index is -4.94. The first-order valence-corrected chi connectivity index (χ1v) is 12.1. The number of alkyl halides is 6. The maximum Gasteiger partial charge on any atom is 0.573 e. The van der Waals surface area contributed by atoms with Gasteiger partial charge in [-0.3, -0.25) is 4.79 Å². The van der Waals surface area contributed by atoms with Crippen LogP contribution in [0.5, 0.6) is 17.2 Å². The molecule has 0 spiro atoms. The minimum Gasteiger partial charge on any atom is -0.490 e. The molecule has 0 heterocycles. The van der Waals surface area contributed by atoms with Crippen LogP contribution in [0.15, 0.2) is 42.5 Å². The summed E-state index contributed by atoms with van der Waals surface area (Å²) in [4.78, 5) is 12.5. The van der Waals surface area contributed by atoms with Crippen molar-refractivity contribution in [3.05, 3.63) is 48.0 Å². The molecule has 15 heteroatoms. The zero-order valence-electron chi connectivity index (χ0n) is 20.2. The molecule has 4 N–H and O–H groups in total. The Morgan fingerprint density at radius 2 is 1.59 bits per heavy atom. The summed E-state index contributed by atoms with van der Waals surface area (Å²) in [5.41, 5.74) is 0.129. The third-order valence-corrected chi connectivity index (χ3v) is 5.68. The van der Waals surface area contributed by atoms with Gasteiger partial charge < -0.3 is 35.3 Å². The topological polar surface area (TPSA) is 101 Å². The number of rotatable bonds is 9. The molecule has 39 heavy (non-hydrogen) atoms. The number of carbonyl (C=O) groups is 1. The van der Waals surface area contributed by atoms with Gasteiger partial charge >= 0.3 is 12.7 Å². The molecule has 0 aliphatic heterocycles. The van der Waals surface area contributed by atoms with Crippen LogP contribution < -0.4 is 30.2 Å². The van der Waals surface area contributed by atoms with Crippen LogP contribution in [0.1, 0.15) is 36.0 Å². The summed E-state index contributed by atoms with van der Waals surface area (Å²) in [7, 11) is 0. The number of hydrogen-bond donors (Lipinski definition) is 4. The van der Waals surface area contributed by atoms with Crippen molar-refractivity contribution >= 4 is 28.9 Å². The second-order valence-electron chi connectivity index (χ2n) is 8.45. The van der Waals surface area contributed by atoms with Crippen LogP contribution in [0.3, 0.4) is 0 Å². The minimum absolute atomic E-state index is 0.0644. The van der Waals surface area contributed by atoms with E-state index in [0.717, 1.165) is 24.3 Å². The van der Waals surface area contributed by atoms with E-state index in [2.05, 4.69) is 25.4 Å². The van der Waals surface area contributed by atoms with Gasteiger partial charge in [0.05, 0.1) is 18.3 Å². The average Bonchev–Trinajstić information content (AvgIpc) is 2.83. The molecule has 1 saturated carbocycles. The van der Waals surface area contributed by atoms with Crippen LogP contribution in [0.25, 0.3) is 0 Å². The third kappa shape index (κ3) is 10.3. The number of carbonyl (C=O) groups excluding carboxylic acids is 1. The lowest BCUT2D eigenvalue weighted by atomic mass is 9.93. The molecular weight excluding hydrogens is 556 g/mol. The number of aliphatic hydroxyl groups excluding tert-OH is 1. The highest BCUT2D eigenvalue weighted by Crippen LogP contribution is 2.32. The van der Waals surface area contributed by atoms with Crippen LogP contribution in [0.2, 0.25) is 0 Å². The Morgan fingerprint density at radius 3 is 2.21 bits per heavy atom. The number of aliphatic hydroxyl groups is 1. The molecule has 1 fully saturated rings. The molecule has 0 atom stereocenters. The highest BCUT2D eigenvalue weighted by molar-refractivity contribution is 7.80. The van der Waals surface area contributed by atoms with Crippen LogP contribution in [0, 0.1) is 0 Å². The molecule has 0 saturated heterocycles. The summed E-state index contributed by atoms with van der Waals surface area (Å²) < 4.78 is 88.9. The molecule has 1 amide bonds. The summed E-state index contributed by atoms with van der Waals surface area (Å²) in [5.74, 6) is -1.65. The molecule has 0 radical (unpaired) electrons. The quantitative estimate of drug-likeness (QED) is 0.246. The number of halogens is 6. The highest BCUT2D eigenvalue weighted by atomic mass is 32.1. The van der Waals surface area contributed by atoms with Crippen molar-refractivity contribution in [1.82, 2.24) is 10.6 Å². The van der Waals surface area contributed by atoms with Crippen molar-refractivity contribution in [2.45, 2.75) is 50.6 Å². The number of anilines is 1. The molecule has 214 valence electrons. The molecule has 1 aliphatic rings. The Balaban J connectivity index is 1.55. The number of ether oxygens (including phenoxy) is 3. The van der Waals surface area contributed by atoms with Crippen molar-refractivity contribution in [3.63, 3.8) is 0 Å². The fourth-order valence-corrected chi connectivity index (χ4v) is 4.16. The molecular formula is C24H25F6N3O5S. The van der Waals surface area contributed by atoms with E-state index in [-0.39, 0.29) is 41.7 Å². The van der Waals surface area contributed by atoms with E-state index in [1.54, 1.807) is 0 Å². The SMILES string of the molecule is O=C(NCCO)c1cc(OC(F)(F)F)ccc1OC1CCC(NC(=S)Nc2cccc(OC(F)(F)F)c2)CC1. The number of hydrogen-bond acceptors (Lipinski definition) is 6. The summed E-state index contributed by atoms with van der Waals surface area (Å²) in [6.45, 7) is -0.464. The predicted octanol–water partition coefficient (Wildman–Crippen LogP) is 4.88. The number of amides is 1. The third-order valence-electron chi connectivity index (χ3n) is 5.46. The fourth-order valence-electron chi connectivity index (χ4n) is 3.88. The normalized spacial score (nSPS) is 17.6. The molecule has 0 bridgehead atoms. The van der Waals surface area contributed by atoms with Crippen LogP contribution in [0.4, 0.5) is 32.0 Å². The van der Waals surface area contributed by atoms with E-state index in [1.165, 1.54) is 18.2 Å². The Bertz CT molecular complexity index is 1140. The molecule has 0 aromatic heterocycles. The van der Waals surface area contributed by atoms with Gasteiger partial charge in [0, 0.05) is 24.3 Å². The van der Waals surface area contributed by atoms with Crippen molar-refractivity contribution in [2.75, 3.05) is 18.5 Å². The largest absolute Gasteiger partial charge is 0.573 e. The van der Waals surface area contributed by atoms with Crippen LogP contribution in [-0.4, -0.2) is 54.1 Å². The number of thiocarbonyl (C=S) groups is 1. The molecule has 8 nitrogen and oxygen atoms in total. The van der Waals surface area contributed by atoms with E-state index in [0.29, 0.717) is 31.4 Å². The lowest BCUT2D eigenvalue weighted by molar-refractivity contribution is -0.275. The first-order chi connectivity index (χ1) is 18.3. The first-order valence-electron chi connectivity index (χ1n) is 11.7. The monoisotopic (exact) mass is 581 g/mol. The van der Waals surface area contributed by atoms with Crippen molar-refractivity contribution < 1.29 is 50.5 Å². The average molecular weight is 582 g/mol. The Morgan fingerprint density at radius 1 is 0.949 bits per heavy atom. The molecule has 2 aromatic rings. The number of nitrogens with one attached hydrogen (secondary N) is 3. The molecule has 1 aliphatic carbocycles. The van der Waals surface area contributed by atoms with Gasteiger partial charge in [0.1, 0.15) is 17.2 Å². The van der Waals surface area contributed by atoms with Gasteiger partial charge in [-0.1, -0.05) is 6.07 Å². The maximum absolute atomic E-state index is 12.6. The second kappa shape index (κ2) is 13.1. The zero-order valence-corrected chi connectivity index (χ0v) is 21.0. The second-order valence-corrected chi connectivity index (χ2v) is 8.86. The van der Waals surface area contributed by atoms with Gasteiger partial charge in [0.2, 0.25) is 0 Å². The fraction of sp³-hybridized carbons (Fsp3) is 0.417. The van der Waals surface area contributed by atoms with Gasteiger partial charge in [-0.15, -0.1) is 26.3 Å². The van der Waals surface area contributed by atoms with E-state index >= 15 is 0 Å². The van der Waals surface area contributed by atoms with Crippen LogP contribution in [-0.2, 0) is 0 Å². The summed E-state index contributed by atoms with van der Waals surface area (Å²) in [5, 5.41) is 17.4. The van der Waals surface area contributed by atoms with Crippen molar-refractivity contribution in [3.8, 4) is 17.2 Å². The Labute approximate surface area is 224 Å². The van der Waals surface area contributed by atoms with Gasteiger partial charge in [0.25, 0.3) is 5.91 Å². The van der Waals surface area contributed by atoms with Crippen molar-refractivity contribution in [2.24, 2.45) is 0 Å². The highest BCUT2D eigenvalue weighted by Gasteiger charge is 2.32. The zero-order chi connectivity index (χ0) is 28.6. The molecule has 2 aromatic carbocycles.